The molecule has 1 aromatic carbocycles. The maximum absolute atomic E-state index is 12.5. The van der Waals surface area contributed by atoms with E-state index in [1.807, 2.05) is 0 Å². The maximum atomic E-state index is 12.5. The minimum Gasteiger partial charge on any atom is -0.493 e. The lowest BCUT2D eigenvalue weighted by Gasteiger charge is -2.09. The highest BCUT2D eigenvalue weighted by Crippen LogP contribution is 2.30. The number of aromatic nitrogens is 1. The second-order valence-electron chi connectivity index (χ2n) is 4.23. The van der Waals surface area contributed by atoms with Crippen LogP contribution in [0.25, 0.3) is 11.1 Å². The van der Waals surface area contributed by atoms with Gasteiger partial charge in [-0.05, 0) is 30.7 Å². The van der Waals surface area contributed by atoms with Crippen LogP contribution in [0.15, 0.2) is 36.5 Å². The van der Waals surface area contributed by atoms with Gasteiger partial charge in [-0.2, -0.15) is 13.2 Å². The number of hydrogen-bond donors (Lipinski definition) is 0. The Morgan fingerprint density at radius 1 is 1.19 bits per heavy atom. The van der Waals surface area contributed by atoms with Gasteiger partial charge in [0, 0.05) is 11.8 Å². The molecule has 0 saturated heterocycles. The van der Waals surface area contributed by atoms with Gasteiger partial charge in [-0.1, -0.05) is 12.1 Å². The van der Waals surface area contributed by atoms with Crippen molar-refractivity contribution in [2.75, 3.05) is 6.61 Å². The van der Waals surface area contributed by atoms with E-state index in [1.54, 1.807) is 25.1 Å². The summed E-state index contributed by atoms with van der Waals surface area (Å²) in [6.07, 6.45) is -2.69. The molecule has 1 aromatic heterocycles. The Hall–Kier alpha value is -2.37. The van der Waals surface area contributed by atoms with Gasteiger partial charge in [0.25, 0.3) is 0 Å². The number of carbonyl (C=O) groups excluding carboxylic acids is 1. The first kappa shape index (κ1) is 15.0. The van der Waals surface area contributed by atoms with Gasteiger partial charge in [-0.3, -0.25) is 9.78 Å². The second kappa shape index (κ2) is 5.95. The minimum absolute atomic E-state index is 0.342. The smallest absolute Gasteiger partial charge is 0.433 e. The average molecular weight is 295 g/mol. The fourth-order valence-electron chi connectivity index (χ4n) is 1.84. The number of aldehydes is 1. The maximum Gasteiger partial charge on any atom is 0.433 e. The van der Waals surface area contributed by atoms with Gasteiger partial charge in [0.15, 0.2) is 6.29 Å². The average Bonchev–Trinajstić information content (AvgIpc) is 2.47. The third-order valence-corrected chi connectivity index (χ3v) is 2.82. The molecule has 0 aliphatic carbocycles. The Labute approximate surface area is 119 Å². The van der Waals surface area contributed by atoms with E-state index in [4.69, 9.17) is 4.74 Å². The third kappa shape index (κ3) is 3.39. The molecule has 0 bridgehead atoms. The normalized spacial score (nSPS) is 11.2. The van der Waals surface area contributed by atoms with Crippen molar-refractivity contribution in [3.8, 4) is 16.9 Å². The Kier molecular flexibility index (Phi) is 4.26. The molecule has 2 aromatic rings. The van der Waals surface area contributed by atoms with Crippen LogP contribution in [-0.4, -0.2) is 17.9 Å². The number of rotatable bonds is 4. The van der Waals surface area contributed by atoms with Gasteiger partial charge in [0.2, 0.25) is 0 Å². The molecule has 0 spiro atoms. The van der Waals surface area contributed by atoms with Crippen LogP contribution < -0.4 is 4.74 Å². The van der Waals surface area contributed by atoms with Gasteiger partial charge in [0.1, 0.15) is 11.4 Å². The lowest BCUT2D eigenvalue weighted by molar-refractivity contribution is -0.141. The molecular formula is C15H12F3NO2. The van der Waals surface area contributed by atoms with Crippen LogP contribution in [0.1, 0.15) is 23.0 Å². The lowest BCUT2D eigenvalue weighted by atomic mass is 10.0. The Balaban J connectivity index is 2.36. The third-order valence-electron chi connectivity index (χ3n) is 2.82. The number of pyridine rings is 1. The molecule has 0 aliphatic rings. The van der Waals surface area contributed by atoms with E-state index < -0.39 is 11.9 Å². The quantitative estimate of drug-likeness (QED) is 0.801. The van der Waals surface area contributed by atoms with Crippen LogP contribution in [0, 0.1) is 0 Å². The summed E-state index contributed by atoms with van der Waals surface area (Å²) in [6, 6.07) is 7.07. The van der Waals surface area contributed by atoms with E-state index in [9.17, 15) is 18.0 Å². The van der Waals surface area contributed by atoms with Crippen molar-refractivity contribution in [2.45, 2.75) is 13.1 Å². The molecule has 0 amide bonds. The highest BCUT2D eigenvalue weighted by atomic mass is 19.4. The van der Waals surface area contributed by atoms with Gasteiger partial charge in [-0.25, -0.2) is 0 Å². The summed E-state index contributed by atoms with van der Waals surface area (Å²) >= 11 is 0. The van der Waals surface area contributed by atoms with Gasteiger partial charge in [-0.15, -0.1) is 0 Å². The van der Waals surface area contributed by atoms with Crippen molar-refractivity contribution < 1.29 is 22.7 Å². The SMILES string of the molecule is CCOc1ccc(-c2ccc(C(F)(F)F)nc2)cc1C=O. The molecule has 0 unspecified atom stereocenters. The van der Waals surface area contributed by atoms with Crippen LogP contribution in [-0.2, 0) is 6.18 Å². The summed E-state index contributed by atoms with van der Waals surface area (Å²) in [7, 11) is 0. The van der Waals surface area contributed by atoms with Gasteiger partial charge < -0.3 is 4.74 Å². The number of carbonyl (C=O) groups is 1. The van der Waals surface area contributed by atoms with Crippen molar-refractivity contribution in [1.29, 1.82) is 0 Å². The summed E-state index contributed by atoms with van der Waals surface area (Å²) in [6.45, 7) is 2.21. The zero-order chi connectivity index (χ0) is 15.5. The fourth-order valence-corrected chi connectivity index (χ4v) is 1.84. The van der Waals surface area contributed by atoms with Crippen molar-refractivity contribution in [3.63, 3.8) is 0 Å². The fraction of sp³-hybridized carbons (Fsp3) is 0.200. The van der Waals surface area contributed by atoms with Crippen molar-refractivity contribution >= 4 is 6.29 Å². The van der Waals surface area contributed by atoms with Crippen LogP contribution in [0.3, 0.4) is 0 Å². The summed E-state index contributed by atoms with van der Waals surface area (Å²) in [5, 5.41) is 0. The predicted molar refractivity (Wildman–Crippen MR) is 71.2 cm³/mol. The molecule has 3 nitrogen and oxygen atoms in total. The molecule has 0 radical (unpaired) electrons. The van der Waals surface area contributed by atoms with E-state index in [0.717, 1.165) is 12.3 Å². The molecule has 1 heterocycles. The number of halogens is 3. The molecular weight excluding hydrogens is 283 g/mol. The number of benzene rings is 1. The molecule has 6 heteroatoms. The second-order valence-corrected chi connectivity index (χ2v) is 4.23. The zero-order valence-electron chi connectivity index (χ0n) is 11.1. The van der Waals surface area contributed by atoms with Gasteiger partial charge in [0.05, 0.1) is 12.2 Å². The first-order chi connectivity index (χ1) is 9.95. The highest BCUT2D eigenvalue weighted by molar-refractivity contribution is 5.82. The summed E-state index contributed by atoms with van der Waals surface area (Å²) in [5.74, 6) is 0.441. The monoisotopic (exact) mass is 295 g/mol. The molecule has 0 atom stereocenters. The molecule has 0 N–H and O–H groups in total. The molecule has 2 rings (SSSR count). The highest BCUT2D eigenvalue weighted by Gasteiger charge is 2.32. The molecule has 21 heavy (non-hydrogen) atoms. The van der Waals surface area contributed by atoms with E-state index >= 15 is 0 Å². The van der Waals surface area contributed by atoms with E-state index in [2.05, 4.69) is 4.98 Å². The summed E-state index contributed by atoms with van der Waals surface area (Å²) in [5.41, 5.74) is 0.484. The molecule has 0 aliphatic heterocycles. The zero-order valence-corrected chi connectivity index (χ0v) is 11.1. The topological polar surface area (TPSA) is 39.2 Å². The van der Waals surface area contributed by atoms with Crippen LogP contribution in [0.2, 0.25) is 0 Å². The van der Waals surface area contributed by atoms with Crippen molar-refractivity contribution in [3.05, 3.63) is 47.8 Å². The number of hydrogen-bond acceptors (Lipinski definition) is 3. The van der Waals surface area contributed by atoms with E-state index in [-0.39, 0.29) is 0 Å². The van der Waals surface area contributed by atoms with Crippen LogP contribution >= 0.6 is 0 Å². The number of nitrogens with zero attached hydrogens (tertiary/aromatic N) is 1. The molecule has 110 valence electrons. The number of alkyl halides is 3. The summed E-state index contributed by atoms with van der Waals surface area (Å²) < 4.78 is 42.6. The van der Waals surface area contributed by atoms with Crippen LogP contribution in [0.4, 0.5) is 13.2 Å². The van der Waals surface area contributed by atoms with Crippen molar-refractivity contribution in [1.82, 2.24) is 4.98 Å². The first-order valence-corrected chi connectivity index (χ1v) is 6.21. The molecule has 0 fully saturated rings. The standard InChI is InChI=1S/C15H12F3NO2/c1-2-21-13-5-3-10(7-12(13)9-20)11-4-6-14(19-8-11)15(16,17)18/h3-9H,2H2,1H3. The largest absolute Gasteiger partial charge is 0.493 e. The lowest BCUT2D eigenvalue weighted by Crippen LogP contribution is -2.07. The Morgan fingerprint density at radius 2 is 1.90 bits per heavy atom. The number of ether oxygens (including phenoxy) is 1. The Bertz CT molecular complexity index is 636. The summed E-state index contributed by atoms with van der Waals surface area (Å²) in [4.78, 5) is 14.4. The Morgan fingerprint density at radius 3 is 2.43 bits per heavy atom. The predicted octanol–water partition coefficient (Wildman–Crippen LogP) is 3.98. The minimum atomic E-state index is -4.47. The van der Waals surface area contributed by atoms with E-state index in [1.165, 1.54) is 6.07 Å². The van der Waals surface area contributed by atoms with Crippen molar-refractivity contribution in [2.24, 2.45) is 0 Å². The van der Waals surface area contributed by atoms with Gasteiger partial charge >= 0.3 is 6.18 Å². The van der Waals surface area contributed by atoms with E-state index in [0.29, 0.717) is 35.3 Å². The van der Waals surface area contributed by atoms with Crippen LogP contribution in [0.5, 0.6) is 5.75 Å². The molecule has 0 saturated carbocycles. The first-order valence-electron chi connectivity index (χ1n) is 6.21.